The molecule has 0 aliphatic carbocycles. The minimum absolute atomic E-state index is 0.113. The standard InChI is InChI=1S/C16H29BrO/c1-5-6-7-8-9-10-11-12-13-14-18-15(2)16(3,4)17/h5H,1-2,6-14H2,3-4H3. The molecular weight excluding hydrogens is 288 g/mol. The zero-order valence-corrected chi connectivity index (χ0v) is 13.7. The Bertz CT molecular complexity index is 228. The van der Waals surface area contributed by atoms with Crippen molar-refractivity contribution in [3.63, 3.8) is 0 Å². The number of unbranched alkanes of at least 4 members (excludes halogenated alkanes) is 7. The molecule has 0 spiro atoms. The van der Waals surface area contributed by atoms with Crippen molar-refractivity contribution in [1.29, 1.82) is 0 Å². The summed E-state index contributed by atoms with van der Waals surface area (Å²) in [5.41, 5.74) is 0. The second-order valence-electron chi connectivity index (χ2n) is 5.30. The van der Waals surface area contributed by atoms with E-state index in [-0.39, 0.29) is 4.32 Å². The van der Waals surface area contributed by atoms with Crippen molar-refractivity contribution in [3.05, 3.63) is 25.0 Å². The molecule has 0 atom stereocenters. The molecular formula is C16H29BrO. The highest BCUT2D eigenvalue weighted by atomic mass is 79.9. The zero-order chi connectivity index (χ0) is 13.9. The number of halogens is 1. The van der Waals surface area contributed by atoms with E-state index in [9.17, 15) is 0 Å². The largest absolute Gasteiger partial charge is 0.497 e. The van der Waals surface area contributed by atoms with Crippen molar-refractivity contribution in [1.82, 2.24) is 0 Å². The maximum atomic E-state index is 5.61. The summed E-state index contributed by atoms with van der Waals surface area (Å²) in [7, 11) is 0. The molecule has 106 valence electrons. The number of alkyl halides is 1. The molecule has 18 heavy (non-hydrogen) atoms. The maximum Gasteiger partial charge on any atom is 0.105 e. The van der Waals surface area contributed by atoms with Gasteiger partial charge in [-0.1, -0.05) is 60.7 Å². The van der Waals surface area contributed by atoms with Crippen LogP contribution in [0.1, 0.15) is 65.2 Å². The summed E-state index contributed by atoms with van der Waals surface area (Å²) in [6.45, 7) is 12.6. The number of allylic oxidation sites excluding steroid dienone is 2. The van der Waals surface area contributed by atoms with Gasteiger partial charge < -0.3 is 4.74 Å². The molecule has 0 rings (SSSR count). The average Bonchev–Trinajstić information content (AvgIpc) is 2.30. The molecule has 0 aromatic heterocycles. The fourth-order valence-corrected chi connectivity index (χ4v) is 1.76. The summed E-state index contributed by atoms with van der Waals surface area (Å²) in [5.74, 6) is 0.826. The first-order valence-electron chi connectivity index (χ1n) is 7.10. The van der Waals surface area contributed by atoms with Crippen LogP contribution in [0.4, 0.5) is 0 Å². The highest BCUT2D eigenvalue weighted by Crippen LogP contribution is 2.25. The van der Waals surface area contributed by atoms with E-state index in [1.165, 1.54) is 38.5 Å². The Morgan fingerprint density at radius 2 is 1.56 bits per heavy atom. The van der Waals surface area contributed by atoms with Gasteiger partial charge in [0.25, 0.3) is 0 Å². The Hall–Kier alpha value is -0.240. The third-order valence-electron chi connectivity index (χ3n) is 2.99. The van der Waals surface area contributed by atoms with Crippen LogP contribution in [0.25, 0.3) is 0 Å². The molecule has 0 aromatic carbocycles. The van der Waals surface area contributed by atoms with E-state index >= 15 is 0 Å². The summed E-state index contributed by atoms with van der Waals surface area (Å²) in [5, 5.41) is 0. The van der Waals surface area contributed by atoms with Crippen molar-refractivity contribution in [2.24, 2.45) is 0 Å². The van der Waals surface area contributed by atoms with Crippen LogP contribution in [0.2, 0.25) is 0 Å². The lowest BCUT2D eigenvalue weighted by molar-refractivity contribution is 0.189. The molecule has 0 saturated carbocycles. The summed E-state index contributed by atoms with van der Waals surface area (Å²) in [4.78, 5) is 0. The summed E-state index contributed by atoms with van der Waals surface area (Å²) in [6.07, 6.45) is 12.2. The fraction of sp³-hybridized carbons (Fsp3) is 0.750. The molecule has 0 radical (unpaired) electrons. The lowest BCUT2D eigenvalue weighted by atomic mass is 10.1. The highest BCUT2D eigenvalue weighted by Gasteiger charge is 2.18. The van der Waals surface area contributed by atoms with Crippen LogP contribution in [0.15, 0.2) is 25.0 Å². The molecule has 0 unspecified atom stereocenters. The number of hydrogen-bond donors (Lipinski definition) is 0. The van der Waals surface area contributed by atoms with Gasteiger partial charge >= 0.3 is 0 Å². The van der Waals surface area contributed by atoms with E-state index in [1.54, 1.807) is 0 Å². The highest BCUT2D eigenvalue weighted by molar-refractivity contribution is 9.10. The van der Waals surface area contributed by atoms with Crippen LogP contribution in [0.3, 0.4) is 0 Å². The average molecular weight is 317 g/mol. The SMILES string of the molecule is C=CCCCCCCCCCOC(=C)C(C)(C)Br. The maximum absolute atomic E-state index is 5.61. The van der Waals surface area contributed by atoms with Crippen molar-refractivity contribution >= 4 is 15.9 Å². The number of rotatable bonds is 12. The Labute approximate surface area is 122 Å². The van der Waals surface area contributed by atoms with Gasteiger partial charge in [-0.25, -0.2) is 0 Å². The third-order valence-corrected chi connectivity index (χ3v) is 3.43. The van der Waals surface area contributed by atoms with Crippen molar-refractivity contribution in [2.45, 2.75) is 69.5 Å². The van der Waals surface area contributed by atoms with E-state index in [0.717, 1.165) is 25.2 Å². The van der Waals surface area contributed by atoms with Crippen LogP contribution in [-0.2, 0) is 4.74 Å². The Balaban J connectivity index is 3.21. The summed E-state index contributed by atoms with van der Waals surface area (Å²) >= 11 is 3.54. The Morgan fingerprint density at radius 1 is 1.06 bits per heavy atom. The Morgan fingerprint density at radius 3 is 2.06 bits per heavy atom. The van der Waals surface area contributed by atoms with Crippen molar-refractivity contribution in [3.8, 4) is 0 Å². The number of ether oxygens (including phenoxy) is 1. The molecule has 0 aliphatic rings. The molecule has 0 aliphatic heterocycles. The molecule has 1 nitrogen and oxygen atoms in total. The monoisotopic (exact) mass is 316 g/mol. The van der Waals surface area contributed by atoms with Gasteiger partial charge in [-0.2, -0.15) is 0 Å². The first-order chi connectivity index (χ1) is 8.48. The summed E-state index contributed by atoms with van der Waals surface area (Å²) in [6, 6.07) is 0. The third kappa shape index (κ3) is 10.9. The lowest BCUT2D eigenvalue weighted by Crippen LogP contribution is -2.15. The second kappa shape index (κ2) is 10.7. The van der Waals surface area contributed by atoms with Gasteiger partial charge in [-0.3, -0.25) is 0 Å². The van der Waals surface area contributed by atoms with Gasteiger partial charge in [-0.15, -0.1) is 6.58 Å². The zero-order valence-electron chi connectivity index (χ0n) is 12.1. The fourth-order valence-electron chi connectivity index (χ4n) is 1.64. The predicted octanol–water partition coefficient (Wildman–Crippen LogP) is 6.00. The first kappa shape index (κ1) is 17.8. The van der Waals surface area contributed by atoms with Crippen LogP contribution in [0.5, 0.6) is 0 Å². The molecule has 0 saturated heterocycles. The van der Waals surface area contributed by atoms with Crippen LogP contribution in [0, 0.1) is 0 Å². The van der Waals surface area contributed by atoms with Gasteiger partial charge in [0.2, 0.25) is 0 Å². The first-order valence-corrected chi connectivity index (χ1v) is 7.89. The normalized spacial score (nSPS) is 11.3. The van der Waals surface area contributed by atoms with E-state index in [2.05, 4.69) is 42.9 Å². The van der Waals surface area contributed by atoms with Crippen LogP contribution >= 0.6 is 15.9 Å². The predicted molar refractivity (Wildman–Crippen MR) is 85.2 cm³/mol. The topological polar surface area (TPSA) is 9.23 Å². The quantitative estimate of drug-likeness (QED) is 0.186. The molecule has 0 aromatic rings. The van der Waals surface area contributed by atoms with E-state index in [1.807, 2.05) is 6.08 Å². The van der Waals surface area contributed by atoms with Crippen molar-refractivity contribution < 1.29 is 4.74 Å². The number of hydrogen-bond acceptors (Lipinski definition) is 1. The van der Waals surface area contributed by atoms with Crippen LogP contribution in [-0.4, -0.2) is 10.9 Å². The van der Waals surface area contributed by atoms with Gasteiger partial charge in [0.1, 0.15) is 5.76 Å². The van der Waals surface area contributed by atoms with E-state index in [4.69, 9.17) is 4.74 Å². The second-order valence-corrected chi connectivity index (χ2v) is 7.28. The van der Waals surface area contributed by atoms with Gasteiger partial charge in [0, 0.05) is 0 Å². The van der Waals surface area contributed by atoms with Gasteiger partial charge in [0.15, 0.2) is 0 Å². The molecule has 2 heteroatoms. The summed E-state index contributed by atoms with van der Waals surface area (Å²) < 4.78 is 5.50. The molecule has 0 amide bonds. The molecule has 0 N–H and O–H groups in total. The van der Waals surface area contributed by atoms with Gasteiger partial charge in [0.05, 0.1) is 10.9 Å². The van der Waals surface area contributed by atoms with Gasteiger partial charge in [-0.05, 0) is 33.1 Å². The minimum atomic E-state index is -0.113. The minimum Gasteiger partial charge on any atom is -0.497 e. The lowest BCUT2D eigenvalue weighted by Gasteiger charge is -2.20. The molecule has 0 fully saturated rings. The molecule has 0 bridgehead atoms. The van der Waals surface area contributed by atoms with Crippen molar-refractivity contribution in [2.75, 3.05) is 6.61 Å². The smallest absolute Gasteiger partial charge is 0.105 e. The molecule has 0 heterocycles. The Kier molecular flexibility index (Phi) is 10.5. The van der Waals surface area contributed by atoms with E-state index < -0.39 is 0 Å². The van der Waals surface area contributed by atoms with E-state index in [0.29, 0.717) is 0 Å². The van der Waals surface area contributed by atoms with Crippen LogP contribution < -0.4 is 0 Å².